The van der Waals surface area contributed by atoms with Gasteiger partial charge in [0.25, 0.3) is 5.91 Å². The summed E-state index contributed by atoms with van der Waals surface area (Å²) in [5.74, 6) is 1.46. The van der Waals surface area contributed by atoms with Crippen LogP contribution in [0.3, 0.4) is 0 Å². The molecular formula is C17H29N3O. The van der Waals surface area contributed by atoms with Crippen molar-refractivity contribution in [2.45, 2.75) is 47.0 Å². The number of aromatic nitrogens is 1. The highest BCUT2D eigenvalue weighted by molar-refractivity contribution is 5.94. The number of anilines is 1. The van der Waals surface area contributed by atoms with E-state index in [2.05, 4.69) is 31.1 Å². The third-order valence-electron chi connectivity index (χ3n) is 3.87. The van der Waals surface area contributed by atoms with Gasteiger partial charge in [-0.25, -0.2) is 4.98 Å². The van der Waals surface area contributed by atoms with Crippen molar-refractivity contribution in [3.8, 4) is 0 Å². The lowest BCUT2D eigenvalue weighted by atomic mass is 10.0. The number of carbonyl (C=O) groups is 1. The number of carbonyl (C=O) groups excluding carboxylic acids is 1. The van der Waals surface area contributed by atoms with E-state index in [-0.39, 0.29) is 5.91 Å². The molecule has 21 heavy (non-hydrogen) atoms. The van der Waals surface area contributed by atoms with Gasteiger partial charge < -0.3 is 10.2 Å². The van der Waals surface area contributed by atoms with Crippen molar-refractivity contribution in [3.05, 3.63) is 23.9 Å². The molecule has 0 bridgehead atoms. The first-order valence-corrected chi connectivity index (χ1v) is 8.15. The summed E-state index contributed by atoms with van der Waals surface area (Å²) >= 11 is 0. The number of rotatable bonds is 9. The zero-order valence-electron chi connectivity index (χ0n) is 13.9. The van der Waals surface area contributed by atoms with Crippen molar-refractivity contribution < 1.29 is 4.79 Å². The van der Waals surface area contributed by atoms with Gasteiger partial charge in [-0.05, 0) is 31.4 Å². The van der Waals surface area contributed by atoms with Crippen LogP contribution in [0.2, 0.25) is 0 Å². The van der Waals surface area contributed by atoms with Gasteiger partial charge in [0.2, 0.25) is 0 Å². The Kier molecular flexibility index (Phi) is 7.80. The Balaban J connectivity index is 2.79. The molecule has 1 amide bonds. The highest BCUT2D eigenvalue weighted by Gasteiger charge is 2.17. The number of nitrogens with one attached hydrogen (secondary N) is 1. The van der Waals surface area contributed by atoms with Gasteiger partial charge in [0.05, 0.1) is 0 Å². The van der Waals surface area contributed by atoms with Gasteiger partial charge in [-0.3, -0.25) is 4.79 Å². The van der Waals surface area contributed by atoms with Gasteiger partial charge in [-0.1, -0.05) is 33.6 Å². The van der Waals surface area contributed by atoms with E-state index >= 15 is 0 Å². The predicted octanol–water partition coefficient (Wildman–Crippen LogP) is 3.80. The maximum atomic E-state index is 12.6. The van der Waals surface area contributed by atoms with E-state index < -0.39 is 0 Å². The van der Waals surface area contributed by atoms with Crippen LogP contribution in [0.25, 0.3) is 0 Å². The molecule has 118 valence electrons. The highest BCUT2D eigenvalue weighted by Crippen LogP contribution is 2.14. The monoisotopic (exact) mass is 291 g/mol. The van der Waals surface area contributed by atoms with Gasteiger partial charge in [-0.15, -0.1) is 0 Å². The quantitative estimate of drug-likeness (QED) is 0.752. The molecular weight excluding hydrogens is 262 g/mol. The zero-order valence-corrected chi connectivity index (χ0v) is 13.9. The molecule has 1 heterocycles. The molecule has 0 spiro atoms. The summed E-state index contributed by atoms with van der Waals surface area (Å²) in [5.41, 5.74) is 0.719. The second-order valence-electron chi connectivity index (χ2n) is 5.38. The van der Waals surface area contributed by atoms with E-state index in [0.29, 0.717) is 5.92 Å². The van der Waals surface area contributed by atoms with Crippen LogP contribution >= 0.6 is 0 Å². The number of hydrogen-bond acceptors (Lipinski definition) is 3. The molecule has 0 aliphatic heterocycles. The van der Waals surface area contributed by atoms with Gasteiger partial charge in [-0.2, -0.15) is 0 Å². The first-order chi connectivity index (χ1) is 10.2. The molecule has 0 fully saturated rings. The fourth-order valence-corrected chi connectivity index (χ4v) is 2.31. The van der Waals surface area contributed by atoms with E-state index in [0.717, 1.165) is 50.3 Å². The first-order valence-electron chi connectivity index (χ1n) is 8.15. The molecule has 4 heteroatoms. The minimum absolute atomic E-state index is 0.103. The van der Waals surface area contributed by atoms with Gasteiger partial charge in [0, 0.05) is 31.4 Å². The minimum atomic E-state index is 0.103. The summed E-state index contributed by atoms with van der Waals surface area (Å²) in [6, 6.07) is 3.66. The normalized spacial score (nSPS) is 10.7. The third kappa shape index (κ3) is 5.37. The Morgan fingerprint density at radius 3 is 2.57 bits per heavy atom. The van der Waals surface area contributed by atoms with E-state index in [1.54, 1.807) is 12.3 Å². The topological polar surface area (TPSA) is 45.2 Å². The molecule has 0 aliphatic rings. The lowest BCUT2D eigenvalue weighted by Crippen LogP contribution is -2.35. The molecule has 1 aromatic heterocycles. The van der Waals surface area contributed by atoms with Crippen molar-refractivity contribution in [1.82, 2.24) is 9.88 Å². The van der Waals surface area contributed by atoms with E-state index in [4.69, 9.17) is 0 Å². The van der Waals surface area contributed by atoms with Crippen molar-refractivity contribution >= 4 is 11.7 Å². The smallest absolute Gasteiger partial charge is 0.254 e. The largest absolute Gasteiger partial charge is 0.370 e. The predicted molar refractivity (Wildman–Crippen MR) is 88.7 cm³/mol. The number of nitrogens with zero attached hydrogens (tertiary/aromatic N) is 2. The summed E-state index contributed by atoms with van der Waals surface area (Å²) in [7, 11) is 0. The van der Waals surface area contributed by atoms with E-state index in [1.165, 1.54) is 0 Å². The van der Waals surface area contributed by atoms with E-state index in [1.807, 2.05) is 17.9 Å². The Morgan fingerprint density at radius 2 is 2.00 bits per heavy atom. The van der Waals surface area contributed by atoms with Crippen molar-refractivity contribution in [1.29, 1.82) is 0 Å². The second kappa shape index (κ2) is 9.37. The van der Waals surface area contributed by atoms with E-state index in [9.17, 15) is 4.79 Å². The van der Waals surface area contributed by atoms with Crippen LogP contribution < -0.4 is 5.32 Å². The van der Waals surface area contributed by atoms with Crippen LogP contribution in [-0.2, 0) is 0 Å². The first kappa shape index (κ1) is 17.5. The van der Waals surface area contributed by atoms with Crippen LogP contribution in [0.5, 0.6) is 0 Å². The van der Waals surface area contributed by atoms with Crippen molar-refractivity contribution in [2.75, 3.05) is 25.0 Å². The SMILES string of the molecule is CCCNc1cc(C(=O)N(CC)CC(CC)CC)ccn1. The summed E-state index contributed by atoms with van der Waals surface area (Å²) in [6.45, 7) is 11.0. The Labute approximate surface area is 129 Å². The van der Waals surface area contributed by atoms with Crippen molar-refractivity contribution in [2.24, 2.45) is 5.92 Å². The number of hydrogen-bond donors (Lipinski definition) is 1. The molecule has 0 atom stereocenters. The lowest BCUT2D eigenvalue weighted by Gasteiger charge is -2.25. The maximum Gasteiger partial charge on any atom is 0.254 e. The molecule has 0 aromatic carbocycles. The van der Waals surface area contributed by atoms with Gasteiger partial charge in [0.1, 0.15) is 5.82 Å². The average molecular weight is 291 g/mol. The second-order valence-corrected chi connectivity index (χ2v) is 5.38. The molecule has 0 radical (unpaired) electrons. The summed E-state index contributed by atoms with van der Waals surface area (Å²) in [6.07, 6.45) is 4.96. The fraction of sp³-hybridized carbons (Fsp3) is 0.647. The Hall–Kier alpha value is -1.58. The fourth-order valence-electron chi connectivity index (χ4n) is 2.31. The molecule has 0 saturated carbocycles. The molecule has 0 aliphatic carbocycles. The standard InChI is InChI=1S/C17H29N3O/c1-5-10-18-16-12-15(9-11-19-16)17(21)20(8-4)13-14(6-2)7-3/h9,11-12,14H,5-8,10,13H2,1-4H3,(H,18,19). The molecule has 4 nitrogen and oxygen atoms in total. The van der Waals surface area contributed by atoms with Crippen LogP contribution in [0.1, 0.15) is 57.3 Å². The summed E-state index contributed by atoms with van der Waals surface area (Å²) in [5, 5.41) is 3.23. The summed E-state index contributed by atoms with van der Waals surface area (Å²) < 4.78 is 0. The molecule has 0 saturated heterocycles. The molecule has 0 unspecified atom stereocenters. The van der Waals surface area contributed by atoms with Crippen LogP contribution in [-0.4, -0.2) is 35.4 Å². The average Bonchev–Trinajstić information content (AvgIpc) is 2.54. The van der Waals surface area contributed by atoms with Gasteiger partial charge >= 0.3 is 0 Å². The van der Waals surface area contributed by atoms with Crippen LogP contribution in [0.15, 0.2) is 18.3 Å². The molecule has 1 rings (SSSR count). The Bertz CT molecular complexity index is 430. The molecule has 1 N–H and O–H groups in total. The lowest BCUT2D eigenvalue weighted by molar-refractivity contribution is 0.0735. The maximum absolute atomic E-state index is 12.6. The third-order valence-corrected chi connectivity index (χ3v) is 3.87. The van der Waals surface area contributed by atoms with Gasteiger partial charge in [0.15, 0.2) is 0 Å². The van der Waals surface area contributed by atoms with Crippen LogP contribution in [0.4, 0.5) is 5.82 Å². The van der Waals surface area contributed by atoms with Crippen molar-refractivity contribution in [3.63, 3.8) is 0 Å². The number of amides is 1. The minimum Gasteiger partial charge on any atom is -0.370 e. The zero-order chi connectivity index (χ0) is 15.7. The highest BCUT2D eigenvalue weighted by atomic mass is 16.2. The molecule has 1 aromatic rings. The Morgan fingerprint density at radius 1 is 1.29 bits per heavy atom. The summed E-state index contributed by atoms with van der Waals surface area (Å²) in [4.78, 5) is 18.8. The number of pyridine rings is 1. The van der Waals surface area contributed by atoms with Crippen LogP contribution in [0, 0.1) is 5.92 Å².